The van der Waals surface area contributed by atoms with Crippen LogP contribution in [0.5, 0.6) is 0 Å². The van der Waals surface area contributed by atoms with Crippen LogP contribution in [0, 0.1) is 11.8 Å². The van der Waals surface area contributed by atoms with E-state index in [0.29, 0.717) is 5.92 Å². The van der Waals surface area contributed by atoms with Crippen molar-refractivity contribution in [1.82, 2.24) is 0 Å². The zero-order chi connectivity index (χ0) is 11.9. The first-order valence-corrected chi connectivity index (χ1v) is 9.99. The number of carbonyl (C=O) groups is 1. The normalized spacial score (nSPS) is 28.8. The van der Waals surface area contributed by atoms with Crippen LogP contribution >= 0.6 is 0 Å². The van der Waals surface area contributed by atoms with Gasteiger partial charge >= 0.3 is 5.97 Å². The first-order valence-electron chi connectivity index (χ1n) is 6.28. The fourth-order valence-electron chi connectivity index (χ4n) is 3.11. The molecule has 0 radical (unpaired) electrons. The van der Waals surface area contributed by atoms with E-state index in [1.807, 2.05) is 0 Å². The van der Waals surface area contributed by atoms with Gasteiger partial charge in [0.05, 0.1) is 0 Å². The smallest absolute Gasteiger partial charge is 0.307 e. The van der Waals surface area contributed by atoms with Gasteiger partial charge in [-0.3, -0.25) is 4.79 Å². The lowest BCUT2D eigenvalue weighted by Gasteiger charge is -2.24. The highest BCUT2D eigenvalue weighted by Crippen LogP contribution is 2.51. The molecule has 0 heterocycles. The predicted molar refractivity (Wildman–Crippen MR) is 67.8 cm³/mol. The maximum Gasteiger partial charge on any atom is 0.307 e. The quantitative estimate of drug-likeness (QED) is 0.555. The van der Waals surface area contributed by atoms with Crippen LogP contribution in [0.1, 0.15) is 26.2 Å². The van der Waals surface area contributed by atoms with E-state index in [9.17, 15) is 4.79 Å². The molecule has 1 fully saturated rings. The van der Waals surface area contributed by atoms with E-state index in [2.05, 4.69) is 19.6 Å². The molecule has 2 bridgehead atoms. The van der Waals surface area contributed by atoms with Crippen molar-refractivity contribution >= 4 is 14.0 Å². The van der Waals surface area contributed by atoms with Gasteiger partial charge in [0.1, 0.15) is 5.76 Å². The van der Waals surface area contributed by atoms with Crippen LogP contribution in [0.15, 0.2) is 11.3 Å². The summed E-state index contributed by atoms with van der Waals surface area (Å²) < 4.78 is 5.47. The SMILES string of the molecule is CC(=O)OC1=C(C[Si](C)(C)C)[C@@H]2CC[C@H]1C2. The molecule has 1 saturated carbocycles. The van der Waals surface area contributed by atoms with Crippen LogP contribution in [0.3, 0.4) is 0 Å². The van der Waals surface area contributed by atoms with Crippen LogP contribution in [0.2, 0.25) is 25.7 Å². The second-order valence-corrected chi connectivity index (χ2v) is 11.9. The second-order valence-electron chi connectivity index (χ2n) is 6.43. The van der Waals surface area contributed by atoms with E-state index >= 15 is 0 Å². The molecule has 0 N–H and O–H groups in total. The lowest BCUT2D eigenvalue weighted by molar-refractivity contribution is -0.137. The minimum Gasteiger partial charge on any atom is -0.431 e. The van der Waals surface area contributed by atoms with E-state index in [-0.39, 0.29) is 5.97 Å². The number of carbonyl (C=O) groups excluding carboxylic acids is 1. The standard InChI is InChI=1S/C13H22O2Si/c1-9(14)15-13-11-6-5-10(7-11)12(13)8-16(2,3)4/h10-11H,5-8H2,1-4H3/t10-,11+/m1/s1. The van der Waals surface area contributed by atoms with Crippen LogP contribution in [-0.2, 0) is 9.53 Å². The van der Waals surface area contributed by atoms with Crippen LogP contribution in [0.25, 0.3) is 0 Å². The minimum absolute atomic E-state index is 0.143. The van der Waals surface area contributed by atoms with E-state index in [0.717, 1.165) is 11.7 Å². The average Bonchev–Trinajstić information content (AvgIpc) is 2.65. The summed E-state index contributed by atoms with van der Waals surface area (Å²) in [5, 5.41) is 0. The molecule has 0 aliphatic heterocycles. The lowest BCUT2D eigenvalue weighted by Crippen LogP contribution is -2.23. The van der Waals surface area contributed by atoms with E-state index in [1.165, 1.54) is 37.8 Å². The number of hydrogen-bond acceptors (Lipinski definition) is 2. The second kappa shape index (κ2) is 4.02. The Balaban J connectivity index is 2.21. The van der Waals surface area contributed by atoms with E-state index in [1.54, 1.807) is 0 Å². The summed E-state index contributed by atoms with van der Waals surface area (Å²) in [7, 11) is -1.10. The third-order valence-corrected chi connectivity index (χ3v) is 5.03. The Morgan fingerprint density at radius 1 is 1.31 bits per heavy atom. The predicted octanol–water partition coefficient (Wildman–Crippen LogP) is 3.57. The van der Waals surface area contributed by atoms with Crippen molar-refractivity contribution in [1.29, 1.82) is 0 Å². The van der Waals surface area contributed by atoms with Gasteiger partial charge in [-0.1, -0.05) is 19.6 Å². The molecule has 0 spiro atoms. The molecule has 0 aromatic heterocycles. The summed E-state index contributed by atoms with van der Waals surface area (Å²) in [6.45, 7) is 8.68. The largest absolute Gasteiger partial charge is 0.431 e. The third-order valence-electron chi connectivity index (χ3n) is 3.59. The Kier molecular flexibility index (Phi) is 2.99. The summed E-state index contributed by atoms with van der Waals surface area (Å²) in [5.74, 6) is 2.20. The molecule has 0 unspecified atom stereocenters. The third kappa shape index (κ3) is 2.39. The average molecular weight is 238 g/mol. The molecule has 0 aromatic carbocycles. The van der Waals surface area contributed by atoms with Crippen molar-refractivity contribution < 1.29 is 9.53 Å². The Morgan fingerprint density at radius 3 is 2.50 bits per heavy atom. The fraction of sp³-hybridized carbons (Fsp3) is 0.769. The van der Waals surface area contributed by atoms with Crippen molar-refractivity contribution in [3.8, 4) is 0 Å². The number of hydrogen-bond donors (Lipinski definition) is 0. The molecule has 3 heteroatoms. The molecule has 2 rings (SSSR count). The van der Waals surface area contributed by atoms with E-state index < -0.39 is 8.07 Å². The summed E-state index contributed by atoms with van der Waals surface area (Å²) in [4.78, 5) is 11.1. The number of rotatable bonds is 3. The molecule has 90 valence electrons. The van der Waals surface area contributed by atoms with Gasteiger partial charge in [-0.05, 0) is 36.8 Å². The van der Waals surface area contributed by atoms with Crippen molar-refractivity contribution in [2.24, 2.45) is 11.8 Å². The molecular formula is C13H22O2Si. The first-order chi connectivity index (χ1) is 7.37. The highest BCUT2D eigenvalue weighted by molar-refractivity contribution is 6.76. The van der Waals surface area contributed by atoms with Gasteiger partial charge < -0.3 is 4.74 Å². The lowest BCUT2D eigenvalue weighted by atomic mass is 9.98. The van der Waals surface area contributed by atoms with Gasteiger partial charge in [-0.2, -0.15) is 0 Å². The molecule has 0 aromatic rings. The maximum atomic E-state index is 11.1. The molecule has 0 amide bonds. The van der Waals surface area contributed by atoms with Gasteiger partial charge in [0.15, 0.2) is 0 Å². The summed E-state index contributed by atoms with van der Waals surface area (Å²) >= 11 is 0. The number of esters is 1. The van der Waals surface area contributed by atoms with Crippen LogP contribution in [-0.4, -0.2) is 14.0 Å². The van der Waals surface area contributed by atoms with E-state index in [4.69, 9.17) is 4.74 Å². The van der Waals surface area contributed by atoms with Crippen molar-refractivity contribution in [3.63, 3.8) is 0 Å². The number of allylic oxidation sites excluding steroid dienone is 2. The molecular weight excluding hydrogens is 216 g/mol. The Labute approximate surface area is 99.1 Å². The monoisotopic (exact) mass is 238 g/mol. The number of ether oxygens (including phenoxy) is 1. The highest BCUT2D eigenvalue weighted by Gasteiger charge is 2.42. The van der Waals surface area contributed by atoms with Gasteiger partial charge in [0.2, 0.25) is 0 Å². The molecule has 2 atom stereocenters. The zero-order valence-corrected chi connectivity index (χ0v) is 11.8. The van der Waals surface area contributed by atoms with Crippen LogP contribution < -0.4 is 0 Å². The topological polar surface area (TPSA) is 26.3 Å². The molecule has 2 aliphatic rings. The van der Waals surface area contributed by atoms with Crippen molar-refractivity contribution in [2.45, 2.75) is 51.9 Å². The van der Waals surface area contributed by atoms with Gasteiger partial charge in [0.25, 0.3) is 0 Å². The summed E-state index contributed by atoms with van der Waals surface area (Å²) in [6, 6.07) is 1.21. The molecule has 2 nitrogen and oxygen atoms in total. The summed E-state index contributed by atoms with van der Waals surface area (Å²) in [5.41, 5.74) is 1.49. The Hall–Kier alpha value is -0.573. The maximum absolute atomic E-state index is 11.1. The summed E-state index contributed by atoms with van der Waals surface area (Å²) in [6.07, 6.45) is 3.78. The van der Waals surface area contributed by atoms with Gasteiger partial charge in [-0.15, -0.1) is 0 Å². The molecule has 2 aliphatic carbocycles. The Morgan fingerprint density at radius 2 is 1.94 bits per heavy atom. The minimum atomic E-state index is -1.10. The number of fused-ring (bicyclic) bond motifs is 2. The van der Waals surface area contributed by atoms with Crippen molar-refractivity contribution in [2.75, 3.05) is 0 Å². The zero-order valence-electron chi connectivity index (χ0n) is 10.8. The fourth-order valence-corrected chi connectivity index (χ4v) is 4.71. The van der Waals surface area contributed by atoms with Gasteiger partial charge in [0, 0.05) is 20.9 Å². The molecule has 16 heavy (non-hydrogen) atoms. The van der Waals surface area contributed by atoms with Gasteiger partial charge in [-0.25, -0.2) is 0 Å². The first kappa shape index (κ1) is 11.9. The highest BCUT2D eigenvalue weighted by atomic mass is 28.3. The Bertz CT molecular complexity index is 338. The van der Waals surface area contributed by atoms with Crippen molar-refractivity contribution in [3.05, 3.63) is 11.3 Å². The van der Waals surface area contributed by atoms with Crippen LogP contribution in [0.4, 0.5) is 0 Å². The molecule has 0 saturated heterocycles.